The van der Waals surface area contributed by atoms with Gasteiger partial charge in [-0.1, -0.05) is 12.1 Å². The van der Waals surface area contributed by atoms with Crippen molar-refractivity contribution in [2.75, 3.05) is 19.0 Å². The van der Waals surface area contributed by atoms with Crippen molar-refractivity contribution in [3.05, 3.63) is 78.6 Å². The highest BCUT2D eigenvalue weighted by Crippen LogP contribution is 2.21. The highest BCUT2D eigenvalue weighted by atomic mass is 15.1. The molecule has 23 heavy (non-hydrogen) atoms. The highest BCUT2D eigenvalue weighted by molar-refractivity contribution is 5.65. The second-order valence-corrected chi connectivity index (χ2v) is 5.59. The molecule has 1 aromatic heterocycles. The average Bonchev–Trinajstić information content (AvgIpc) is 2.62. The number of benzene rings is 2. The molecule has 0 aliphatic heterocycles. The first-order valence-corrected chi connectivity index (χ1v) is 7.47. The molecule has 0 saturated carbocycles. The van der Waals surface area contributed by atoms with Crippen molar-refractivity contribution in [2.24, 2.45) is 0 Å². The van der Waals surface area contributed by atoms with Gasteiger partial charge >= 0.3 is 0 Å². The Bertz CT molecular complexity index is 824. The predicted octanol–water partition coefficient (Wildman–Crippen LogP) is 3.57. The van der Waals surface area contributed by atoms with Crippen LogP contribution in [0.5, 0.6) is 0 Å². The van der Waals surface area contributed by atoms with E-state index < -0.39 is 0 Å². The number of nitrogens with zero attached hydrogens (tertiary/aromatic N) is 3. The molecule has 0 N–H and O–H groups in total. The van der Waals surface area contributed by atoms with Gasteiger partial charge in [0.25, 0.3) is 0 Å². The maximum Gasteiger partial charge on any atom is 0.210 e. The zero-order valence-corrected chi connectivity index (χ0v) is 13.3. The van der Waals surface area contributed by atoms with Crippen LogP contribution in [0.15, 0.2) is 73.1 Å². The fourth-order valence-corrected chi connectivity index (χ4v) is 2.45. The number of anilines is 1. The van der Waals surface area contributed by atoms with Gasteiger partial charge in [-0.3, -0.25) is 0 Å². The fourth-order valence-electron chi connectivity index (χ4n) is 2.45. The SMILES string of the molecule is CN(C)c1ccc(-c2cc[n+](-c3ccc(C#N)cc3)cc2)cc1. The van der Waals surface area contributed by atoms with Crippen LogP contribution in [-0.4, -0.2) is 14.1 Å². The van der Waals surface area contributed by atoms with Crippen LogP contribution < -0.4 is 9.47 Å². The summed E-state index contributed by atoms with van der Waals surface area (Å²) in [6.07, 6.45) is 4.08. The molecule has 3 heteroatoms. The lowest BCUT2D eigenvalue weighted by atomic mass is 10.1. The summed E-state index contributed by atoms with van der Waals surface area (Å²) in [5.41, 5.74) is 5.28. The summed E-state index contributed by atoms with van der Waals surface area (Å²) in [5, 5.41) is 8.86. The molecule has 0 unspecified atom stereocenters. The zero-order chi connectivity index (χ0) is 16.2. The Labute approximate surface area is 136 Å². The van der Waals surface area contributed by atoms with Gasteiger partial charge in [0.2, 0.25) is 5.69 Å². The minimum Gasteiger partial charge on any atom is -0.378 e. The molecular weight excluding hydrogens is 282 g/mol. The van der Waals surface area contributed by atoms with Crippen LogP contribution in [0.25, 0.3) is 16.8 Å². The van der Waals surface area contributed by atoms with E-state index in [1.165, 1.54) is 16.8 Å². The van der Waals surface area contributed by atoms with Crippen LogP contribution in [-0.2, 0) is 0 Å². The van der Waals surface area contributed by atoms with Crippen LogP contribution >= 0.6 is 0 Å². The van der Waals surface area contributed by atoms with E-state index in [0.717, 1.165) is 5.69 Å². The molecule has 0 fully saturated rings. The summed E-state index contributed by atoms with van der Waals surface area (Å²) in [4.78, 5) is 2.09. The quantitative estimate of drug-likeness (QED) is 0.692. The smallest absolute Gasteiger partial charge is 0.210 e. The van der Waals surface area contributed by atoms with Gasteiger partial charge in [0.1, 0.15) is 0 Å². The van der Waals surface area contributed by atoms with Crippen LogP contribution in [0.1, 0.15) is 5.56 Å². The molecule has 112 valence electrons. The van der Waals surface area contributed by atoms with E-state index in [9.17, 15) is 0 Å². The van der Waals surface area contributed by atoms with Gasteiger partial charge in [-0.25, -0.2) is 0 Å². The molecule has 0 spiro atoms. The standard InChI is InChI=1S/C20H18N3/c1-22(2)19-9-5-17(6-10-19)18-11-13-23(14-12-18)20-7-3-16(15-21)4-8-20/h3-14H,1-2H3/q+1. The van der Waals surface area contributed by atoms with Crippen molar-refractivity contribution in [3.8, 4) is 22.9 Å². The summed E-state index contributed by atoms with van der Waals surface area (Å²) < 4.78 is 2.04. The van der Waals surface area contributed by atoms with Crippen molar-refractivity contribution >= 4 is 5.69 Å². The molecule has 0 aliphatic rings. The van der Waals surface area contributed by atoms with Crippen LogP contribution in [0.4, 0.5) is 5.69 Å². The van der Waals surface area contributed by atoms with Gasteiger partial charge in [-0.2, -0.15) is 9.83 Å². The Morgan fingerprint density at radius 3 is 1.87 bits per heavy atom. The van der Waals surface area contributed by atoms with Crippen LogP contribution in [0.3, 0.4) is 0 Å². The molecule has 0 saturated heterocycles. The first kappa shape index (κ1) is 14.8. The van der Waals surface area contributed by atoms with Gasteiger partial charge in [0, 0.05) is 44.0 Å². The van der Waals surface area contributed by atoms with Crippen molar-refractivity contribution in [2.45, 2.75) is 0 Å². The Morgan fingerprint density at radius 1 is 0.783 bits per heavy atom. The van der Waals surface area contributed by atoms with E-state index in [1.807, 2.05) is 55.3 Å². The maximum atomic E-state index is 8.86. The van der Waals surface area contributed by atoms with Gasteiger partial charge in [0.15, 0.2) is 12.4 Å². The zero-order valence-electron chi connectivity index (χ0n) is 13.3. The monoisotopic (exact) mass is 300 g/mol. The molecule has 3 nitrogen and oxygen atoms in total. The van der Waals surface area contributed by atoms with Crippen molar-refractivity contribution in [1.82, 2.24) is 0 Å². The lowest BCUT2D eigenvalue weighted by Gasteiger charge is -2.12. The van der Waals surface area contributed by atoms with E-state index in [4.69, 9.17) is 5.26 Å². The predicted molar refractivity (Wildman–Crippen MR) is 92.5 cm³/mol. The average molecular weight is 300 g/mol. The van der Waals surface area contributed by atoms with E-state index >= 15 is 0 Å². The largest absolute Gasteiger partial charge is 0.378 e. The summed E-state index contributed by atoms with van der Waals surface area (Å²) >= 11 is 0. The molecule has 3 aromatic rings. The van der Waals surface area contributed by atoms with Crippen LogP contribution in [0.2, 0.25) is 0 Å². The Balaban J connectivity index is 1.85. The van der Waals surface area contributed by atoms with E-state index in [-0.39, 0.29) is 0 Å². The number of aromatic nitrogens is 1. The number of rotatable bonds is 3. The van der Waals surface area contributed by atoms with Gasteiger partial charge < -0.3 is 4.90 Å². The van der Waals surface area contributed by atoms with E-state index in [2.05, 4.69) is 47.4 Å². The molecule has 0 radical (unpaired) electrons. The first-order valence-electron chi connectivity index (χ1n) is 7.47. The second-order valence-electron chi connectivity index (χ2n) is 5.59. The molecule has 2 aromatic carbocycles. The summed E-state index contributed by atoms with van der Waals surface area (Å²) in [5.74, 6) is 0. The van der Waals surface area contributed by atoms with Crippen molar-refractivity contribution in [1.29, 1.82) is 5.26 Å². The number of hydrogen-bond donors (Lipinski definition) is 0. The first-order chi connectivity index (χ1) is 11.2. The number of hydrogen-bond acceptors (Lipinski definition) is 2. The van der Waals surface area contributed by atoms with Gasteiger partial charge in [0.05, 0.1) is 11.6 Å². The van der Waals surface area contributed by atoms with Crippen molar-refractivity contribution in [3.63, 3.8) is 0 Å². The minimum atomic E-state index is 0.673. The van der Waals surface area contributed by atoms with E-state index in [0.29, 0.717) is 5.56 Å². The molecule has 1 heterocycles. The van der Waals surface area contributed by atoms with Crippen LogP contribution in [0, 0.1) is 11.3 Å². The third-order valence-electron chi connectivity index (χ3n) is 3.84. The fraction of sp³-hybridized carbons (Fsp3) is 0.100. The topological polar surface area (TPSA) is 30.9 Å². The molecular formula is C20H18N3+. The third kappa shape index (κ3) is 3.22. The Morgan fingerprint density at radius 2 is 1.35 bits per heavy atom. The highest BCUT2D eigenvalue weighted by Gasteiger charge is 2.07. The summed E-state index contributed by atoms with van der Waals surface area (Å²) in [7, 11) is 4.08. The minimum absolute atomic E-state index is 0.673. The normalized spacial score (nSPS) is 10.1. The molecule has 3 rings (SSSR count). The maximum absolute atomic E-state index is 8.86. The lowest BCUT2D eigenvalue weighted by molar-refractivity contribution is -0.595. The second kappa shape index (κ2) is 6.33. The molecule has 0 amide bonds. The Kier molecular flexibility index (Phi) is 4.07. The molecule has 0 atom stereocenters. The molecule has 0 aliphatic carbocycles. The number of nitriles is 1. The van der Waals surface area contributed by atoms with E-state index in [1.54, 1.807) is 0 Å². The number of pyridine rings is 1. The van der Waals surface area contributed by atoms with Gasteiger partial charge in [-0.15, -0.1) is 0 Å². The van der Waals surface area contributed by atoms with Gasteiger partial charge in [-0.05, 0) is 35.4 Å². The summed E-state index contributed by atoms with van der Waals surface area (Å²) in [6.45, 7) is 0. The third-order valence-corrected chi connectivity index (χ3v) is 3.84. The molecule has 0 bridgehead atoms. The lowest BCUT2D eigenvalue weighted by Crippen LogP contribution is -2.28. The van der Waals surface area contributed by atoms with Crippen molar-refractivity contribution < 1.29 is 4.57 Å². The summed E-state index contributed by atoms with van der Waals surface area (Å²) in [6, 6.07) is 22.4. The Hall–Kier alpha value is -3.12.